The molecule has 0 heterocycles. The van der Waals surface area contributed by atoms with E-state index in [1.807, 2.05) is 0 Å². The molecule has 0 bridgehead atoms. The number of esters is 3. The average Bonchev–Trinajstić information content (AvgIpc) is 3.43. The van der Waals surface area contributed by atoms with Gasteiger partial charge in [-0.15, -0.1) is 0 Å². The summed E-state index contributed by atoms with van der Waals surface area (Å²) in [5, 5.41) is 0. The van der Waals surface area contributed by atoms with Crippen LogP contribution >= 0.6 is 0 Å². The van der Waals surface area contributed by atoms with Gasteiger partial charge in [-0.1, -0.05) is 313 Å². The Balaban J connectivity index is 4.33. The quantitative estimate of drug-likeness (QED) is 0.0261. The second-order valence-corrected chi connectivity index (χ2v) is 23.1. The van der Waals surface area contributed by atoms with Crippen LogP contribution in [0.2, 0.25) is 0 Å². The number of allylic oxidation sites excluding steroid dienone is 8. The molecule has 0 aromatic carbocycles. The molecule has 77 heavy (non-hydrogen) atoms. The molecule has 0 amide bonds. The molecule has 0 radical (unpaired) electrons. The summed E-state index contributed by atoms with van der Waals surface area (Å²) in [4.78, 5) is 38.4. The van der Waals surface area contributed by atoms with Gasteiger partial charge < -0.3 is 14.2 Å². The van der Waals surface area contributed by atoms with Crippen molar-refractivity contribution in [3.8, 4) is 0 Å². The lowest BCUT2D eigenvalue weighted by Crippen LogP contribution is -2.30. The monoisotopic (exact) mass is 1080 g/mol. The molecule has 0 fully saturated rings. The predicted molar refractivity (Wildman–Crippen MR) is 335 cm³/mol. The topological polar surface area (TPSA) is 78.9 Å². The molecule has 0 saturated carbocycles. The molecule has 0 rings (SSSR count). The minimum Gasteiger partial charge on any atom is -0.462 e. The Morgan fingerprint density at radius 1 is 0.260 bits per heavy atom. The molecule has 0 aliphatic rings. The first kappa shape index (κ1) is 74.4. The van der Waals surface area contributed by atoms with E-state index < -0.39 is 6.10 Å². The molecule has 1 atom stereocenters. The Bertz CT molecular complexity index is 1330. The minimum absolute atomic E-state index is 0.0734. The van der Waals surface area contributed by atoms with Crippen molar-refractivity contribution in [1.82, 2.24) is 0 Å². The highest BCUT2D eigenvalue weighted by Crippen LogP contribution is 2.18. The number of rotatable bonds is 63. The maximum absolute atomic E-state index is 12.9. The fourth-order valence-electron chi connectivity index (χ4n) is 10.2. The average molecular weight is 1080 g/mol. The molecule has 0 N–H and O–H groups in total. The van der Waals surface area contributed by atoms with Gasteiger partial charge in [-0.3, -0.25) is 14.4 Å². The van der Waals surface area contributed by atoms with Gasteiger partial charge in [0, 0.05) is 19.3 Å². The van der Waals surface area contributed by atoms with Gasteiger partial charge in [0.25, 0.3) is 0 Å². The summed E-state index contributed by atoms with van der Waals surface area (Å²) in [6.07, 6.45) is 82.6. The Kier molecular flexibility index (Phi) is 63.6. The van der Waals surface area contributed by atoms with Crippen LogP contribution in [0.25, 0.3) is 0 Å². The second-order valence-electron chi connectivity index (χ2n) is 23.1. The van der Waals surface area contributed by atoms with Gasteiger partial charge in [-0.25, -0.2) is 0 Å². The summed E-state index contributed by atoms with van der Waals surface area (Å²) in [5.74, 6) is -0.861. The van der Waals surface area contributed by atoms with Crippen molar-refractivity contribution in [2.45, 2.75) is 374 Å². The van der Waals surface area contributed by atoms with Crippen molar-refractivity contribution in [3.63, 3.8) is 0 Å². The summed E-state index contributed by atoms with van der Waals surface area (Å²) >= 11 is 0. The van der Waals surface area contributed by atoms with Crippen molar-refractivity contribution in [1.29, 1.82) is 0 Å². The van der Waals surface area contributed by atoms with Gasteiger partial charge in [0.15, 0.2) is 6.10 Å². The van der Waals surface area contributed by atoms with E-state index in [1.54, 1.807) is 0 Å². The zero-order valence-corrected chi connectivity index (χ0v) is 51.7. The first-order chi connectivity index (χ1) is 38.0. The first-order valence-electron chi connectivity index (χ1n) is 34.1. The van der Waals surface area contributed by atoms with Gasteiger partial charge >= 0.3 is 17.9 Å². The lowest BCUT2D eigenvalue weighted by atomic mass is 10.0. The standard InChI is InChI=1S/C71H130O6/c1-4-7-10-13-16-19-22-25-28-31-34-35-36-38-40-43-46-49-52-55-58-61-64-70(73)76-67-68(66-75-69(72)63-60-57-54-51-48-45-42-39-33-30-27-24-21-18-15-12-9-6-3)77-71(74)65-62-59-56-53-50-47-44-41-37-32-29-26-23-20-17-14-11-8-5-2/h17,20-21,24,26,29-30,33,68H,4-16,18-19,22-23,25,27-28,31-32,34-67H2,1-3H3/b20-17-,24-21-,29-26-,33-30-. The van der Waals surface area contributed by atoms with E-state index in [0.717, 1.165) is 77.0 Å². The summed E-state index contributed by atoms with van der Waals surface area (Å²) in [6, 6.07) is 0. The summed E-state index contributed by atoms with van der Waals surface area (Å²) < 4.78 is 17.0. The number of unbranched alkanes of at least 4 members (excludes halogenated alkanes) is 44. The Hall–Kier alpha value is -2.63. The third-order valence-corrected chi connectivity index (χ3v) is 15.3. The third kappa shape index (κ3) is 64.1. The van der Waals surface area contributed by atoms with E-state index in [0.29, 0.717) is 19.3 Å². The molecule has 0 aromatic rings. The van der Waals surface area contributed by atoms with Gasteiger partial charge in [0.1, 0.15) is 13.2 Å². The van der Waals surface area contributed by atoms with Gasteiger partial charge in [0.2, 0.25) is 0 Å². The largest absolute Gasteiger partial charge is 0.462 e. The van der Waals surface area contributed by atoms with E-state index in [9.17, 15) is 14.4 Å². The molecular weight excluding hydrogens is 949 g/mol. The predicted octanol–water partition coefficient (Wildman–Crippen LogP) is 23.3. The van der Waals surface area contributed by atoms with Crippen LogP contribution in [-0.4, -0.2) is 37.2 Å². The highest BCUT2D eigenvalue weighted by Gasteiger charge is 2.19. The molecule has 0 saturated heterocycles. The molecule has 6 heteroatoms. The van der Waals surface area contributed by atoms with Crippen LogP contribution in [0, 0.1) is 0 Å². The number of carbonyl (C=O) groups excluding carboxylic acids is 3. The molecular formula is C71H130O6. The van der Waals surface area contributed by atoms with Crippen molar-refractivity contribution in [2.75, 3.05) is 13.2 Å². The smallest absolute Gasteiger partial charge is 0.306 e. The SMILES string of the molecule is CCCCC/C=C\C/C=C\CCCCCCCCCCCC(=O)OC(COC(=O)CCCCCCCCC/C=C\C/C=C\CCCCCC)COC(=O)CCCCCCCCCCCCCCCCCCCCCCCC. The molecule has 0 aliphatic heterocycles. The van der Waals surface area contributed by atoms with Gasteiger partial charge in [-0.05, 0) is 83.5 Å². The normalized spacial score (nSPS) is 12.3. The number of carbonyl (C=O) groups is 3. The Morgan fingerprint density at radius 3 is 0.753 bits per heavy atom. The summed E-state index contributed by atoms with van der Waals surface area (Å²) in [5.41, 5.74) is 0. The highest BCUT2D eigenvalue weighted by molar-refractivity contribution is 5.71. The molecule has 0 spiro atoms. The maximum atomic E-state index is 12.9. The van der Waals surface area contributed by atoms with Crippen LogP contribution in [0.1, 0.15) is 367 Å². The summed E-state index contributed by atoms with van der Waals surface area (Å²) in [7, 11) is 0. The number of hydrogen-bond acceptors (Lipinski definition) is 6. The lowest BCUT2D eigenvalue weighted by molar-refractivity contribution is -0.167. The zero-order valence-electron chi connectivity index (χ0n) is 51.7. The van der Waals surface area contributed by atoms with E-state index >= 15 is 0 Å². The van der Waals surface area contributed by atoms with E-state index in [1.165, 1.54) is 250 Å². The second kappa shape index (κ2) is 65.9. The van der Waals surface area contributed by atoms with E-state index in [-0.39, 0.29) is 31.1 Å². The van der Waals surface area contributed by atoms with Crippen LogP contribution in [-0.2, 0) is 28.6 Å². The fraction of sp³-hybridized carbons (Fsp3) is 0.845. The van der Waals surface area contributed by atoms with Crippen LogP contribution < -0.4 is 0 Å². The number of hydrogen-bond donors (Lipinski definition) is 0. The van der Waals surface area contributed by atoms with Crippen LogP contribution in [0.15, 0.2) is 48.6 Å². The fourth-order valence-corrected chi connectivity index (χ4v) is 10.2. The van der Waals surface area contributed by atoms with Crippen molar-refractivity contribution in [3.05, 3.63) is 48.6 Å². The zero-order chi connectivity index (χ0) is 55.7. The minimum atomic E-state index is -0.779. The van der Waals surface area contributed by atoms with Crippen LogP contribution in [0.5, 0.6) is 0 Å². The van der Waals surface area contributed by atoms with Crippen molar-refractivity contribution < 1.29 is 28.6 Å². The maximum Gasteiger partial charge on any atom is 0.306 e. The highest BCUT2D eigenvalue weighted by atomic mass is 16.6. The molecule has 6 nitrogen and oxygen atoms in total. The molecule has 0 aliphatic carbocycles. The van der Waals surface area contributed by atoms with Gasteiger partial charge in [-0.2, -0.15) is 0 Å². The number of ether oxygens (including phenoxy) is 3. The Labute approximate surface area is 479 Å². The molecule has 1 unspecified atom stereocenters. The third-order valence-electron chi connectivity index (χ3n) is 15.3. The molecule has 450 valence electrons. The lowest BCUT2D eigenvalue weighted by Gasteiger charge is -2.18. The molecule has 0 aromatic heterocycles. The van der Waals surface area contributed by atoms with E-state index in [2.05, 4.69) is 69.4 Å². The van der Waals surface area contributed by atoms with Crippen LogP contribution in [0.4, 0.5) is 0 Å². The van der Waals surface area contributed by atoms with E-state index in [4.69, 9.17) is 14.2 Å². The first-order valence-corrected chi connectivity index (χ1v) is 34.1. The summed E-state index contributed by atoms with van der Waals surface area (Å²) in [6.45, 7) is 6.66. The Morgan fingerprint density at radius 2 is 0.468 bits per heavy atom. The van der Waals surface area contributed by atoms with Gasteiger partial charge in [0.05, 0.1) is 0 Å². The van der Waals surface area contributed by atoms with Crippen molar-refractivity contribution >= 4 is 17.9 Å². The van der Waals surface area contributed by atoms with Crippen molar-refractivity contribution in [2.24, 2.45) is 0 Å². The van der Waals surface area contributed by atoms with Crippen LogP contribution in [0.3, 0.4) is 0 Å².